The van der Waals surface area contributed by atoms with Gasteiger partial charge in [0.15, 0.2) is 8.32 Å². The van der Waals surface area contributed by atoms with Crippen molar-refractivity contribution in [1.29, 1.82) is 0 Å². The van der Waals surface area contributed by atoms with Crippen LogP contribution >= 0.6 is 0 Å². The summed E-state index contributed by atoms with van der Waals surface area (Å²) < 4.78 is 25.8. The van der Waals surface area contributed by atoms with Gasteiger partial charge in [0.05, 0.1) is 18.6 Å². The predicted molar refractivity (Wildman–Crippen MR) is 79.1 cm³/mol. The SMILES string of the molecule is CCOC(=O)[C@]1(F)[C@@H]2[C@H]1C(=O)C[C@H]2O[Si](C)(C)C(C)(C)C. The lowest BCUT2D eigenvalue weighted by molar-refractivity contribution is -0.154. The zero-order chi connectivity index (χ0) is 16.2. The second kappa shape index (κ2) is 4.88. The number of Topliss-reactive ketones (excluding diaryl/α,β-unsaturated/α-hetero) is 1. The Bertz CT molecular complexity index is 471. The molecule has 6 heteroatoms. The molecule has 0 heterocycles. The Balaban J connectivity index is 2.15. The number of esters is 1. The van der Waals surface area contributed by atoms with Crippen molar-refractivity contribution in [3.05, 3.63) is 0 Å². The minimum atomic E-state index is -2.15. The van der Waals surface area contributed by atoms with Crippen LogP contribution in [0, 0.1) is 11.8 Å². The molecule has 4 nitrogen and oxygen atoms in total. The summed E-state index contributed by atoms with van der Waals surface area (Å²) in [7, 11) is -2.10. The molecular formula is C15H25FO4Si. The minimum absolute atomic E-state index is 0.0219. The maximum Gasteiger partial charge on any atom is 0.345 e. The van der Waals surface area contributed by atoms with Crippen molar-refractivity contribution in [3.63, 3.8) is 0 Å². The molecule has 0 aliphatic heterocycles. The average molecular weight is 316 g/mol. The fourth-order valence-electron chi connectivity index (χ4n) is 2.93. The Morgan fingerprint density at radius 1 is 1.43 bits per heavy atom. The second-order valence-corrected chi connectivity index (χ2v) is 12.3. The Morgan fingerprint density at radius 2 is 2.00 bits per heavy atom. The summed E-state index contributed by atoms with van der Waals surface area (Å²) in [5.41, 5.74) is -2.15. The van der Waals surface area contributed by atoms with Gasteiger partial charge in [0.2, 0.25) is 5.67 Å². The van der Waals surface area contributed by atoms with Crippen molar-refractivity contribution in [2.45, 2.75) is 64.0 Å². The van der Waals surface area contributed by atoms with Crippen molar-refractivity contribution in [1.82, 2.24) is 0 Å². The van der Waals surface area contributed by atoms with Gasteiger partial charge in [-0.3, -0.25) is 4.79 Å². The van der Waals surface area contributed by atoms with Crippen LogP contribution in [-0.4, -0.2) is 38.4 Å². The minimum Gasteiger partial charge on any atom is -0.464 e. The number of hydrogen-bond donors (Lipinski definition) is 0. The van der Waals surface area contributed by atoms with Crippen LogP contribution in [-0.2, 0) is 18.8 Å². The number of carbonyl (C=O) groups excluding carboxylic acids is 2. The maximum atomic E-state index is 14.8. The molecule has 120 valence electrons. The fraction of sp³-hybridized carbons (Fsp3) is 0.867. The van der Waals surface area contributed by atoms with E-state index < -0.39 is 37.9 Å². The first-order valence-electron chi connectivity index (χ1n) is 7.53. The van der Waals surface area contributed by atoms with Crippen LogP contribution < -0.4 is 0 Å². The lowest BCUT2D eigenvalue weighted by atomic mass is 10.1. The van der Waals surface area contributed by atoms with Gasteiger partial charge < -0.3 is 9.16 Å². The fourth-order valence-corrected chi connectivity index (χ4v) is 4.27. The van der Waals surface area contributed by atoms with Crippen LogP contribution in [0.5, 0.6) is 0 Å². The van der Waals surface area contributed by atoms with E-state index in [1.165, 1.54) is 0 Å². The van der Waals surface area contributed by atoms with Gasteiger partial charge in [0.1, 0.15) is 5.78 Å². The number of carbonyl (C=O) groups is 2. The van der Waals surface area contributed by atoms with Gasteiger partial charge in [-0.1, -0.05) is 20.8 Å². The zero-order valence-electron chi connectivity index (χ0n) is 13.7. The molecule has 2 rings (SSSR count). The lowest BCUT2D eigenvalue weighted by Crippen LogP contribution is -2.45. The van der Waals surface area contributed by atoms with Gasteiger partial charge in [0.25, 0.3) is 0 Å². The molecule has 0 aromatic carbocycles. The highest BCUT2D eigenvalue weighted by atomic mass is 28.4. The van der Waals surface area contributed by atoms with Crippen molar-refractivity contribution in [2.75, 3.05) is 6.61 Å². The molecule has 0 saturated heterocycles. The average Bonchev–Trinajstić information content (AvgIpc) is 2.81. The summed E-state index contributed by atoms with van der Waals surface area (Å²) >= 11 is 0. The Kier molecular flexibility index (Phi) is 3.86. The van der Waals surface area contributed by atoms with Gasteiger partial charge in [-0.2, -0.15) is 0 Å². The van der Waals surface area contributed by atoms with Crippen LogP contribution in [0.4, 0.5) is 4.39 Å². The number of ether oxygens (including phenoxy) is 1. The molecule has 0 radical (unpaired) electrons. The van der Waals surface area contributed by atoms with Crippen LogP contribution in [0.15, 0.2) is 0 Å². The molecule has 2 saturated carbocycles. The highest BCUT2D eigenvalue weighted by Crippen LogP contribution is 2.63. The van der Waals surface area contributed by atoms with Crippen molar-refractivity contribution in [3.8, 4) is 0 Å². The topological polar surface area (TPSA) is 52.6 Å². The maximum absolute atomic E-state index is 14.8. The van der Waals surface area contributed by atoms with E-state index in [4.69, 9.17) is 9.16 Å². The van der Waals surface area contributed by atoms with E-state index >= 15 is 0 Å². The summed E-state index contributed by atoms with van der Waals surface area (Å²) in [6.45, 7) is 12.2. The van der Waals surface area contributed by atoms with Crippen LogP contribution in [0.1, 0.15) is 34.1 Å². The molecule has 2 aliphatic carbocycles. The monoisotopic (exact) mass is 316 g/mol. The molecule has 0 aromatic rings. The van der Waals surface area contributed by atoms with Crippen molar-refractivity contribution < 1.29 is 23.1 Å². The lowest BCUT2D eigenvalue weighted by Gasteiger charge is -2.39. The summed E-state index contributed by atoms with van der Waals surface area (Å²) in [6.07, 6.45) is -0.273. The zero-order valence-corrected chi connectivity index (χ0v) is 14.7. The molecule has 2 aliphatic rings. The summed E-state index contributed by atoms with van der Waals surface area (Å²) in [6, 6.07) is 0. The van der Waals surface area contributed by atoms with Crippen molar-refractivity contribution in [2.24, 2.45) is 11.8 Å². The summed E-state index contributed by atoms with van der Waals surface area (Å²) in [5.74, 6) is -2.62. The first-order valence-corrected chi connectivity index (χ1v) is 10.4. The summed E-state index contributed by atoms with van der Waals surface area (Å²) in [5, 5.41) is -0.0219. The molecule has 0 amide bonds. The van der Waals surface area contributed by atoms with Gasteiger partial charge in [-0.05, 0) is 25.1 Å². The van der Waals surface area contributed by atoms with Gasteiger partial charge in [-0.25, -0.2) is 9.18 Å². The standard InChI is InChI=1S/C15H25FO4Si/c1-7-19-13(18)15(16)11-9(17)8-10(12(11)15)20-21(5,6)14(2,3)4/h10-12H,7-8H2,1-6H3/t10-,11-,12+,15-/m1/s1. The Morgan fingerprint density at radius 3 is 2.48 bits per heavy atom. The normalized spacial score (nSPS) is 35.6. The second-order valence-electron chi connectivity index (χ2n) is 7.58. The molecule has 0 spiro atoms. The number of halogens is 1. The molecule has 0 aromatic heterocycles. The molecule has 4 atom stereocenters. The van der Waals surface area contributed by atoms with Gasteiger partial charge in [0, 0.05) is 12.3 Å². The van der Waals surface area contributed by atoms with Crippen LogP contribution in [0.3, 0.4) is 0 Å². The first kappa shape index (κ1) is 16.6. The third-order valence-corrected chi connectivity index (χ3v) is 9.68. The molecule has 21 heavy (non-hydrogen) atoms. The van der Waals surface area contributed by atoms with Gasteiger partial charge in [-0.15, -0.1) is 0 Å². The molecule has 0 N–H and O–H groups in total. The number of ketones is 1. The quantitative estimate of drug-likeness (QED) is 0.591. The van der Waals surface area contributed by atoms with E-state index in [2.05, 4.69) is 33.9 Å². The number of fused-ring (bicyclic) bond motifs is 1. The first-order chi connectivity index (χ1) is 9.46. The molecule has 0 unspecified atom stereocenters. The molecular weight excluding hydrogens is 291 g/mol. The number of rotatable bonds is 4. The smallest absolute Gasteiger partial charge is 0.345 e. The molecule has 0 bridgehead atoms. The largest absolute Gasteiger partial charge is 0.464 e. The number of hydrogen-bond acceptors (Lipinski definition) is 4. The van der Waals surface area contributed by atoms with E-state index in [1.807, 2.05) is 0 Å². The van der Waals surface area contributed by atoms with E-state index in [-0.39, 0.29) is 23.8 Å². The van der Waals surface area contributed by atoms with Crippen LogP contribution in [0.25, 0.3) is 0 Å². The van der Waals surface area contributed by atoms with E-state index in [1.54, 1.807) is 6.92 Å². The highest BCUT2D eigenvalue weighted by Gasteiger charge is 2.81. The van der Waals surface area contributed by atoms with Crippen LogP contribution in [0.2, 0.25) is 18.1 Å². The van der Waals surface area contributed by atoms with E-state index in [0.717, 1.165) is 0 Å². The number of alkyl halides is 1. The van der Waals surface area contributed by atoms with E-state index in [0.29, 0.717) is 0 Å². The Labute approximate surface area is 126 Å². The Hall–Kier alpha value is -0.753. The third-order valence-electron chi connectivity index (χ3n) is 5.18. The molecule has 2 fully saturated rings. The highest BCUT2D eigenvalue weighted by molar-refractivity contribution is 6.74. The predicted octanol–water partition coefficient (Wildman–Crippen LogP) is 2.87. The van der Waals surface area contributed by atoms with Crippen molar-refractivity contribution >= 4 is 20.1 Å². The third kappa shape index (κ3) is 2.46. The van der Waals surface area contributed by atoms with E-state index in [9.17, 15) is 14.0 Å². The van der Waals surface area contributed by atoms with Gasteiger partial charge >= 0.3 is 5.97 Å². The summed E-state index contributed by atoms with van der Waals surface area (Å²) in [4.78, 5) is 23.8.